The molecule has 3 rings (SSSR count). The van der Waals surface area contributed by atoms with E-state index in [2.05, 4.69) is 5.32 Å². The Bertz CT molecular complexity index is 1430. The fourth-order valence-corrected chi connectivity index (χ4v) is 5.60. The first kappa shape index (κ1) is 30.1. The van der Waals surface area contributed by atoms with Gasteiger partial charge in [-0.1, -0.05) is 37.3 Å². The molecule has 3 aromatic rings. The third-order valence-electron chi connectivity index (χ3n) is 6.18. The second-order valence-electron chi connectivity index (χ2n) is 8.79. The normalized spacial score (nSPS) is 11.8. The van der Waals surface area contributed by atoms with Crippen molar-refractivity contribution in [3.63, 3.8) is 0 Å². The van der Waals surface area contributed by atoms with Gasteiger partial charge in [0.1, 0.15) is 18.3 Å². The minimum atomic E-state index is -4.27. The Hall–Kier alpha value is -4.45. The molecule has 12 heteroatoms. The zero-order chi connectivity index (χ0) is 29.3. The van der Waals surface area contributed by atoms with E-state index in [0.717, 1.165) is 4.31 Å². The Morgan fingerprint density at radius 2 is 1.68 bits per heavy atom. The topological polar surface area (TPSA) is 139 Å². The Kier molecular flexibility index (Phi) is 10.2. The summed E-state index contributed by atoms with van der Waals surface area (Å²) in [4.78, 5) is 38.8. The van der Waals surface area contributed by atoms with E-state index in [1.807, 2.05) is 0 Å². The summed E-state index contributed by atoms with van der Waals surface area (Å²) >= 11 is 0. The molecule has 0 aliphatic carbocycles. The molecule has 1 atom stereocenters. The van der Waals surface area contributed by atoms with Gasteiger partial charge in [-0.2, -0.15) is 0 Å². The van der Waals surface area contributed by atoms with E-state index in [1.54, 1.807) is 56.3 Å². The van der Waals surface area contributed by atoms with Crippen LogP contribution in [0.1, 0.15) is 25.8 Å². The molecule has 2 amide bonds. The van der Waals surface area contributed by atoms with Crippen LogP contribution >= 0.6 is 0 Å². The van der Waals surface area contributed by atoms with Gasteiger partial charge in [-0.15, -0.1) is 0 Å². The molecular weight excluding hydrogens is 536 g/mol. The lowest BCUT2D eigenvalue weighted by atomic mass is 10.1. The van der Waals surface area contributed by atoms with Crippen LogP contribution in [-0.2, 0) is 26.2 Å². The maximum atomic E-state index is 13.9. The van der Waals surface area contributed by atoms with Crippen molar-refractivity contribution in [1.29, 1.82) is 0 Å². The largest absolute Gasteiger partial charge is 0.497 e. The highest BCUT2D eigenvalue weighted by Crippen LogP contribution is 2.27. The third-order valence-corrected chi connectivity index (χ3v) is 7.97. The number of ether oxygens (including phenoxy) is 1. The molecule has 212 valence electrons. The summed E-state index contributed by atoms with van der Waals surface area (Å²) in [7, 11) is -2.75. The molecule has 0 saturated carbocycles. The molecule has 0 unspecified atom stereocenters. The number of nitro benzene ring substituents is 1. The van der Waals surface area contributed by atoms with Gasteiger partial charge in [-0.25, -0.2) is 8.42 Å². The average molecular weight is 569 g/mol. The van der Waals surface area contributed by atoms with Crippen molar-refractivity contribution >= 4 is 33.2 Å². The molecule has 0 aliphatic rings. The van der Waals surface area contributed by atoms with Crippen LogP contribution in [0.2, 0.25) is 0 Å². The molecule has 0 aliphatic heterocycles. The van der Waals surface area contributed by atoms with E-state index in [0.29, 0.717) is 17.9 Å². The summed E-state index contributed by atoms with van der Waals surface area (Å²) in [5.41, 5.74) is 0.521. The summed E-state index contributed by atoms with van der Waals surface area (Å²) in [6.07, 6.45) is 0.282. The second-order valence-corrected chi connectivity index (χ2v) is 10.7. The van der Waals surface area contributed by atoms with Gasteiger partial charge in [-0.05, 0) is 55.3 Å². The maximum absolute atomic E-state index is 13.9. The van der Waals surface area contributed by atoms with Gasteiger partial charge < -0.3 is 15.0 Å². The van der Waals surface area contributed by atoms with E-state index in [4.69, 9.17) is 4.74 Å². The van der Waals surface area contributed by atoms with Crippen LogP contribution in [0.4, 0.5) is 11.4 Å². The van der Waals surface area contributed by atoms with Gasteiger partial charge in [0.05, 0.1) is 22.6 Å². The Balaban J connectivity index is 2.07. The highest BCUT2D eigenvalue weighted by Gasteiger charge is 2.33. The minimum absolute atomic E-state index is 0.0190. The van der Waals surface area contributed by atoms with Crippen molar-refractivity contribution in [2.75, 3.05) is 24.5 Å². The number of carbonyl (C=O) groups is 2. The first-order valence-electron chi connectivity index (χ1n) is 12.6. The maximum Gasteiger partial charge on any atom is 0.269 e. The first-order valence-corrected chi connectivity index (χ1v) is 14.1. The zero-order valence-electron chi connectivity index (χ0n) is 22.5. The van der Waals surface area contributed by atoms with Gasteiger partial charge in [0, 0.05) is 25.2 Å². The number of sulfonamides is 1. The van der Waals surface area contributed by atoms with E-state index in [9.17, 15) is 28.1 Å². The van der Waals surface area contributed by atoms with Crippen molar-refractivity contribution in [3.05, 3.63) is 94.5 Å². The molecule has 0 bridgehead atoms. The summed E-state index contributed by atoms with van der Waals surface area (Å²) in [6, 6.07) is 18.6. The van der Waals surface area contributed by atoms with E-state index < -0.39 is 33.4 Å². The highest BCUT2D eigenvalue weighted by atomic mass is 32.2. The number of hydrogen-bond donors (Lipinski definition) is 1. The molecule has 0 saturated heterocycles. The molecular formula is C28H32N4O7S. The fourth-order valence-electron chi connectivity index (χ4n) is 4.17. The van der Waals surface area contributed by atoms with E-state index >= 15 is 0 Å². The molecule has 0 aromatic heterocycles. The number of likely N-dealkylation sites (N-methyl/N-ethyl adjacent to an activating group) is 1. The molecule has 3 aromatic carbocycles. The minimum Gasteiger partial charge on any atom is -0.497 e. The standard InChI is InChI=1S/C28H32N4O7S/c1-4-26(28(34)29-5-2)30(19-21-10-9-11-24(18-21)39-3)27(33)20-31(22-14-16-23(17-15-22)32(35)36)40(37,38)25-12-7-6-8-13-25/h6-18,26H,4-5,19-20H2,1-3H3,(H,29,34)/t26-/m0/s1. The second kappa shape index (κ2) is 13.6. The number of nitro groups is 1. The van der Waals surface area contributed by atoms with Crippen LogP contribution in [0.3, 0.4) is 0 Å². The number of nitrogens with one attached hydrogen (secondary N) is 1. The van der Waals surface area contributed by atoms with Crippen LogP contribution in [0.15, 0.2) is 83.8 Å². The number of amides is 2. The van der Waals surface area contributed by atoms with Crippen molar-refractivity contribution in [2.45, 2.75) is 37.8 Å². The summed E-state index contributed by atoms with van der Waals surface area (Å²) in [6.45, 7) is 3.26. The van der Waals surface area contributed by atoms with Crippen molar-refractivity contribution in [3.8, 4) is 5.75 Å². The predicted octanol–water partition coefficient (Wildman–Crippen LogP) is 3.74. The predicted molar refractivity (Wildman–Crippen MR) is 150 cm³/mol. The molecule has 0 fully saturated rings. The zero-order valence-corrected chi connectivity index (χ0v) is 23.3. The van der Waals surface area contributed by atoms with Crippen molar-refractivity contribution in [1.82, 2.24) is 10.2 Å². The first-order chi connectivity index (χ1) is 19.1. The highest BCUT2D eigenvalue weighted by molar-refractivity contribution is 7.92. The smallest absolute Gasteiger partial charge is 0.269 e. The summed E-state index contributed by atoms with van der Waals surface area (Å²) < 4.78 is 33.7. The summed E-state index contributed by atoms with van der Waals surface area (Å²) in [5.74, 6) is -0.428. The Morgan fingerprint density at radius 1 is 1.00 bits per heavy atom. The molecule has 0 radical (unpaired) electrons. The quantitative estimate of drug-likeness (QED) is 0.245. The van der Waals surface area contributed by atoms with Gasteiger partial charge >= 0.3 is 0 Å². The third kappa shape index (κ3) is 7.14. The van der Waals surface area contributed by atoms with Crippen molar-refractivity contribution in [2.24, 2.45) is 0 Å². The van der Waals surface area contributed by atoms with Gasteiger partial charge in [0.2, 0.25) is 11.8 Å². The average Bonchev–Trinajstić information content (AvgIpc) is 2.96. The molecule has 11 nitrogen and oxygen atoms in total. The monoisotopic (exact) mass is 568 g/mol. The lowest BCUT2D eigenvalue weighted by molar-refractivity contribution is -0.384. The number of methoxy groups -OCH3 is 1. The van der Waals surface area contributed by atoms with Crippen LogP contribution in [-0.4, -0.2) is 56.3 Å². The van der Waals surface area contributed by atoms with Crippen LogP contribution in [0.25, 0.3) is 0 Å². The van der Waals surface area contributed by atoms with Crippen LogP contribution in [0.5, 0.6) is 5.75 Å². The number of benzene rings is 3. The Morgan fingerprint density at radius 3 is 2.25 bits per heavy atom. The molecule has 1 N–H and O–H groups in total. The lowest BCUT2D eigenvalue weighted by Gasteiger charge is -2.33. The van der Waals surface area contributed by atoms with Crippen molar-refractivity contribution < 1.29 is 27.7 Å². The lowest BCUT2D eigenvalue weighted by Crippen LogP contribution is -2.52. The van der Waals surface area contributed by atoms with E-state index in [-0.39, 0.29) is 35.1 Å². The Labute approximate surface area is 233 Å². The van der Waals surface area contributed by atoms with Gasteiger partial charge in [0.15, 0.2) is 0 Å². The van der Waals surface area contributed by atoms with E-state index in [1.165, 1.54) is 48.4 Å². The molecule has 0 heterocycles. The van der Waals surface area contributed by atoms with Gasteiger partial charge in [-0.3, -0.25) is 24.0 Å². The SMILES string of the molecule is CCNC(=O)[C@H](CC)N(Cc1cccc(OC)c1)C(=O)CN(c1ccc([N+](=O)[O-])cc1)S(=O)(=O)c1ccccc1. The van der Waals surface area contributed by atoms with Crippen LogP contribution < -0.4 is 14.4 Å². The summed E-state index contributed by atoms with van der Waals surface area (Å²) in [5, 5.41) is 13.9. The number of rotatable bonds is 13. The number of nitrogens with zero attached hydrogens (tertiary/aromatic N) is 3. The van der Waals surface area contributed by atoms with Gasteiger partial charge in [0.25, 0.3) is 15.7 Å². The number of carbonyl (C=O) groups excluding carboxylic acids is 2. The number of anilines is 1. The number of hydrogen-bond acceptors (Lipinski definition) is 7. The van der Waals surface area contributed by atoms with Crippen LogP contribution in [0, 0.1) is 10.1 Å². The fraction of sp³-hybridized carbons (Fsp3) is 0.286. The number of non-ortho nitro benzene ring substituents is 1. The molecule has 0 spiro atoms. The molecule has 40 heavy (non-hydrogen) atoms.